The summed E-state index contributed by atoms with van der Waals surface area (Å²) < 4.78 is 11.1. The number of hydrogen-bond acceptors (Lipinski definition) is 3. The van der Waals surface area contributed by atoms with Gasteiger partial charge in [0.05, 0.1) is 6.10 Å². The van der Waals surface area contributed by atoms with E-state index in [2.05, 4.69) is 6.92 Å². The highest BCUT2D eigenvalue weighted by molar-refractivity contribution is 5.99. The summed E-state index contributed by atoms with van der Waals surface area (Å²) >= 11 is 0. The minimum Gasteiger partial charge on any atom is -0.491 e. The van der Waals surface area contributed by atoms with Gasteiger partial charge < -0.3 is 9.47 Å². The molecule has 0 spiro atoms. The molecule has 3 heteroatoms. The number of carbonyl (C=O) groups is 1. The highest BCUT2D eigenvalue weighted by Gasteiger charge is 2.19. The van der Waals surface area contributed by atoms with Gasteiger partial charge in [0.1, 0.15) is 11.9 Å². The fourth-order valence-corrected chi connectivity index (χ4v) is 1.91. The third kappa shape index (κ3) is 5.03. The molecule has 0 N–H and O–H groups in total. The molecule has 3 nitrogen and oxygen atoms in total. The van der Waals surface area contributed by atoms with Crippen LogP contribution in [0.2, 0.25) is 0 Å². The van der Waals surface area contributed by atoms with E-state index in [1.807, 2.05) is 45.0 Å². The van der Waals surface area contributed by atoms with Gasteiger partial charge in [-0.15, -0.1) is 0 Å². The predicted octanol–water partition coefficient (Wildman–Crippen LogP) is 3.86. The molecule has 0 amide bonds. The van der Waals surface area contributed by atoms with Gasteiger partial charge in [-0.1, -0.05) is 13.3 Å². The molecule has 1 aromatic rings. The lowest BCUT2D eigenvalue weighted by molar-refractivity contribution is 0.0423. The molecule has 0 saturated carbocycles. The largest absolute Gasteiger partial charge is 0.491 e. The van der Waals surface area contributed by atoms with E-state index >= 15 is 0 Å². The third-order valence-electron chi connectivity index (χ3n) is 2.72. The second-order valence-corrected chi connectivity index (χ2v) is 4.79. The van der Waals surface area contributed by atoms with Crippen molar-refractivity contribution in [2.24, 2.45) is 0 Å². The highest BCUT2D eigenvalue weighted by Crippen LogP contribution is 2.17. The van der Waals surface area contributed by atoms with Crippen LogP contribution in [-0.4, -0.2) is 24.6 Å². The van der Waals surface area contributed by atoms with Gasteiger partial charge in [-0.05, 0) is 51.5 Å². The first kappa shape index (κ1) is 15.7. The van der Waals surface area contributed by atoms with Gasteiger partial charge in [-0.3, -0.25) is 4.79 Å². The molecular formula is C16H24O3. The standard InChI is InChI=1S/C16H24O3/c1-5-7-15(18-6-2)16(17)13-8-10-14(11-9-13)19-12(3)4/h8-12,15H,5-7H2,1-4H3. The number of ether oxygens (including phenoxy) is 2. The van der Waals surface area contributed by atoms with E-state index in [1.54, 1.807) is 0 Å². The molecular weight excluding hydrogens is 240 g/mol. The average molecular weight is 264 g/mol. The summed E-state index contributed by atoms with van der Waals surface area (Å²) in [7, 11) is 0. The van der Waals surface area contributed by atoms with Gasteiger partial charge in [0, 0.05) is 12.2 Å². The monoisotopic (exact) mass is 264 g/mol. The van der Waals surface area contributed by atoms with E-state index in [9.17, 15) is 4.79 Å². The molecule has 0 bridgehead atoms. The first-order valence-electron chi connectivity index (χ1n) is 7.01. The van der Waals surface area contributed by atoms with E-state index in [4.69, 9.17) is 9.47 Å². The summed E-state index contributed by atoms with van der Waals surface area (Å²) in [5, 5.41) is 0. The molecule has 0 heterocycles. The normalized spacial score (nSPS) is 12.5. The number of benzene rings is 1. The average Bonchev–Trinajstić information content (AvgIpc) is 2.38. The van der Waals surface area contributed by atoms with E-state index in [0.717, 1.165) is 18.6 Å². The summed E-state index contributed by atoms with van der Waals surface area (Å²) in [5.41, 5.74) is 0.683. The Morgan fingerprint density at radius 1 is 1.16 bits per heavy atom. The van der Waals surface area contributed by atoms with Gasteiger partial charge >= 0.3 is 0 Å². The predicted molar refractivity (Wildman–Crippen MR) is 76.9 cm³/mol. The number of ketones is 1. The number of carbonyl (C=O) groups excluding carboxylic acids is 1. The molecule has 0 aliphatic rings. The van der Waals surface area contributed by atoms with Crippen molar-refractivity contribution in [1.82, 2.24) is 0 Å². The molecule has 0 aliphatic carbocycles. The van der Waals surface area contributed by atoms with Crippen molar-refractivity contribution in [3.05, 3.63) is 29.8 Å². The molecule has 0 radical (unpaired) electrons. The Hall–Kier alpha value is -1.35. The fourth-order valence-electron chi connectivity index (χ4n) is 1.91. The SMILES string of the molecule is CCCC(OCC)C(=O)c1ccc(OC(C)C)cc1. The van der Waals surface area contributed by atoms with Crippen molar-refractivity contribution in [2.45, 2.75) is 52.7 Å². The zero-order chi connectivity index (χ0) is 14.3. The Kier molecular flexibility index (Phi) is 6.57. The van der Waals surface area contributed by atoms with Crippen LogP contribution in [0, 0.1) is 0 Å². The Morgan fingerprint density at radius 3 is 2.26 bits per heavy atom. The van der Waals surface area contributed by atoms with Crippen molar-refractivity contribution in [3.63, 3.8) is 0 Å². The molecule has 19 heavy (non-hydrogen) atoms. The van der Waals surface area contributed by atoms with Crippen LogP contribution in [0.4, 0.5) is 0 Å². The van der Waals surface area contributed by atoms with Gasteiger partial charge in [0.15, 0.2) is 5.78 Å². The maximum Gasteiger partial charge on any atom is 0.191 e. The van der Waals surface area contributed by atoms with E-state index in [-0.39, 0.29) is 18.0 Å². The van der Waals surface area contributed by atoms with Gasteiger partial charge in [0.25, 0.3) is 0 Å². The van der Waals surface area contributed by atoms with Gasteiger partial charge in [0.2, 0.25) is 0 Å². The van der Waals surface area contributed by atoms with Gasteiger partial charge in [-0.2, -0.15) is 0 Å². The number of rotatable bonds is 8. The van der Waals surface area contributed by atoms with Crippen LogP contribution in [0.5, 0.6) is 5.75 Å². The van der Waals surface area contributed by atoms with Crippen molar-refractivity contribution in [3.8, 4) is 5.75 Å². The Bertz CT molecular complexity index is 375. The summed E-state index contributed by atoms with van der Waals surface area (Å²) in [4.78, 5) is 12.3. The van der Waals surface area contributed by atoms with Crippen LogP contribution in [0.15, 0.2) is 24.3 Å². The lowest BCUT2D eigenvalue weighted by Gasteiger charge is -2.15. The van der Waals surface area contributed by atoms with Crippen LogP contribution in [0.1, 0.15) is 50.9 Å². The van der Waals surface area contributed by atoms with Crippen molar-refractivity contribution in [2.75, 3.05) is 6.61 Å². The Labute approximate surface area is 115 Å². The smallest absolute Gasteiger partial charge is 0.191 e. The van der Waals surface area contributed by atoms with Crippen LogP contribution >= 0.6 is 0 Å². The molecule has 1 unspecified atom stereocenters. The summed E-state index contributed by atoms with van der Waals surface area (Å²) in [6.07, 6.45) is 1.51. The number of Topliss-reactive ketones (excluding diaryl/α,β-unsaturated/α-hetero) is 1. The minimum absolute atomic E-state index is 0.0554. The summed E-state index contributed by atoms with van der Waals surface area (Å²) in [5.74, 6) is 0.842. The Balaban J connectivity index is 2.75. The van der Waals surface area contributed by atoms with Gasteiger partial charge in [-0.25, -0.2) is 0 Å². The molecule has 0 fully saturated rings. The second kappa shape index (κ2) is 7.95. The maximum absolute atomic E-state index is 12.3. The second-order valence-electron chi connectivity index (χ2n) is 4.79. The molecule has 106 valence electrons. The number of hydrogen-bond donors (Lipinski definition) is 0. The third-order valence-corrected chi connectivity index (χ3v) is 2.72. The van der Waals surface area contributed by atoms with Crippen molar-refractivity contribution >= 4 is 5.78 Å². The fraction of sp³-hybridized carbons (Fsp3) is 0.562. The zero-order valence-electron chi connectivity index (χ0n) is 12.3. The molecule has 0 saturated heterocycles. The molecule has 0 aromatic heterocycles. The van der Waals surface area contributed by atoms with Crippen molar-refractivity contribution < 1.29 is 14.3 Å². The highest BCUT2D eigenvalue weighted by atomic mass is 16.5. The lowest BCUT2D eigenvalue weighted by atomic mass is 10.0. The minimum atomic E-state index is -0.327. The first-order chi connectivity index (χ1) is 9.08. The maximum atomic E-state index is 12.3. The van der Waals surface area contributed by atoms with Crippen LogP contribution in [0.3, 0.4) is 0 Å². The quantitative estimate of drug-likeness (QED) is 0.669. The molecule has 1 atom stereocenters. The first-order valence-corrected chi connectivity index (χ1v) is 7.01. The van der Waals surface area contributed by atoms with E-state index in [1.165, 1.54) is 0 Å². The lowest BCUT2D eigenvalue weighted by Crippen LogP contribution is -2.24. The topological polar surface area (TPSA) is 35.5 Å². The zero-order valence-corrected chi connectivity index (χ0v) is 12.3. The molecule has 1 rings (SSSR count). The molecule has 0 aliphatic heterocycles. The molecule has 1 aromatic carbocycles. The summed E-state index contributed by atoms with van der Waals surface area (Å²) in [6.45, 7) is 8.48. The van der Waals surface area contributed by atoms with E-state index < -0.39 is 0 Å². The van der Waals surface area contributed by atoms with Crippen LogP contribution in [0.25, 0.3) is 0 Å². The van der Waals surface area contributed by atoms with Crippen molar-refractivity contribution in [1.29, 1.82) is 0 Å². The van der Waals surface area contributed by atoms with Crippen LogP contribution < -0.4 is 4.74 Å². The van der Waals surface area contributed by atoms with Crippen LogP contribution in [-0.2, 0) is 4.74 Å². The Morgan fingerprint density at radius 2 is 1.79 bits per heavy atom. The summed E-state index contributed by atoms with van der Waals surface area (Å²) in [6, 6.07) is 7.29. The van der Waals surface area contributed by atoms with E-state index in [0.29, 0.717) is 12.2 Å².